The molecule has 96 valence electrons. The second-order valence-corrected chi connectivity index (χ2v) is 6.39. The van der Waals surface area contributed by atoms with E-state index in [0.29, 0.717) is 11.2 Å². The minimum Gasteiger partial charge on any atom is -0.326 e. The van der Waals surface area contributed by atoms with Gasteiger partial charge in [-0.05, 0) is 35.8 Å². The summed E-state index contributed by atoms with van der Waals surface area (Å²) in [7, 11) is 0. The highest BCUT2D eigenvalue weighted by Crippen LogP contribution is 2.34. The Morgan fingerprint density at radius 1 is 1.35 bits per heavy atom. The van der Waals surface area contributed by atoms with E-state index in [1.807, 2.05) is 30.0 Å². The summed E-state index contributed by atoms with van der Waals surface area (Å²) >= 11 is 7.99. The van der Waals surface area contributed by atoms with Crippen molar-refractivity contribution in [3.63, 3.8) is 0 Å². The molecule has 0 radical (unpaired) electrons. The van der Waals surface area contributed by atoms with Gasteiger partial charge in [-0.25, -0.2) is 0 Å². The molecule has 2 N–H and O–H groups in total. The lowest BCUT2D eigenvalue weighted by Crippen LogP contribution is -2.26. The van der Waals surface area contributed by atoms with Gasteiger partial charge < -0.3 is 5.73 Å². The van der Waals surface area contributed by atoms with Gasteiger partial charge in [-0.1, -0.05) is 44.5 Å². The first kappa shape index (κ1) is 14.9. The lowest BCUT2D eigenvalue weighted by atomic mass is 10.0. The molecule has 1 aromatic carbocycles. The average molecular weight is 272 g/mol. The van der Waals surface area contributed by atoms with Crippen LogP contribution < -0.4 is 5.73 Å². The fourth-order valence-corrected chi connectivity index (χ4v) is 3.23. The zero-order valence-electron chi connectivity index (χ0n) is 10.8. The number of halogens is 1. The Morgan fingerprint density at radius 2 is 2.06 bits per heavy atom. The normalized spacial score (nSPS) is 14.9. The van der Waals surface area contributed by atoms with Crippen molar-refractivity contribution >= 4 is 23.4 Å². The van der Waals surface area contributed by atoms with Crippen LogP contribution in [-0.4, -0.2) is 11.8 Å². The third-order valence-electron chi connectivity index (χ3n) is 2.65. The van der Waals surface area contributed by atoms with Gasteiger partial charge in [0.15, 0.2) is 0 Å². The largest absolute Gasteiger partial charge is 0.326 e. The van der Waals surface area contributed by atoms with Crippen molar-refractivity contribution in [2.24, 2.45) is 11.7 Å². The molecule has 2 atom stereocenters. The summed E-state index contributed by atoms with van der Waals surface area (Å²) in [6.45, 7) is 6.61. The third-order valence-corrected chi connectivity index (χ3v) is 4.72. The van der Waals surface area contributed by atoms with E-state index in [0.717, 1.165) is 17.2 Å². The van der Waals surface area contributed by atoms with E-state index in [4.69, 9.17) is 17.3 Å². The molecule has 17 heavy (non-hydrogen) atoms. The number of hydrogen-bond acceptors (Lipinski definition) is 2. The van der Waals surface area contributed by atoms with Gasteiger partial charge in [0.1, 0.15) is 0 Å². The molecule has 1 aromatic rings. The third kappa shape index (κ3) is 4.90. The Hall–Kier alpha value is -0.180. The predicted molar refractivity (Wildman–Crippen MR) is 79.8 cm³/mol. The molecule has 0 amide bonds. The maximum absolute atomic E-state index is 6.22. The Morgan fingerprint density at radius 3 is 2.59 bits per heavy atom. The highest BCUT2D eigenvalue weighted by Gasteiger charge is 2.19. The monoisotopic (exact) mass is 271 g/mol. The molecule has 0 fully saturated rings. The fraction of sp³-hybridized carbons (Fsp3) is 0.571. The Labute approximate surface area is 114 Å². The van der Waals surface area contributed by atoms with E-state index in [9.17, 15) is 0 Å². The van der Waals surface area contributed by atoms with Gasteiger partial charge in [0.25, 0.3) is 0 Å². The molecule has 0 bridgehead atoms. The standard InChI is InChI=1S/C14H22ClNS/c1-4-13(16)14(17-9-10(2)3)11-6-5-7-12(15)8-11/h5-8,10,13-14H,4,9,16H2,1-3H3. The topological polar surface area (TPSA) is 26.0 Å². The van der Waals surface area contributed by atoms with Crippen LogP contribution in [0.25, 0.3) is 0 Å². The summed E-state index contributed by atoms with van der Waals surface area (Å²) in [6, 6.07) is 8.27. The molecular formula is C14H22ClNS. The van der Waals surface area contributed by atoms with E-state index in [1.54, 1.807) is 0 Å². The quantitative estimate of drug-likeness (QED) is 0.824. The van der Waals surface area contributed by atoms with Gasteiger partial charge in [-0.15, -0.1) is 0 Å². The molecule has 0 aromatic heterocycles. The molecule has 0 saturated carbocycles. The number of rotatable bonds is 6. The predicted octanol–water partition coefficient (Wildman–Crippen LogP) is 4.51. The van der Waals surface area contributed by atoms with Crippen molar-refractivity contribution in [3.8, 4) is 0 Å². The van der Waals surface area contributed by atoms with Crippen LogP contribution in [0.5, 0.6) is 0 Å². The van der Waals surface area contributed by atoms with Gasteiger partial charge in [0.05, 0.1) is 0 Å². The Kier molecular flexibility index (Phi) is 6.39. The molecular weight excluding hydrogens is 250 g/mol. The van der Waals surface area contributed by atoms with E-state index in [2.05, 4.69) is 26.8 Å². The summed E-state index contributed by atoms with van der Waals surface area (Å²) < 4.78 is 0. The number of thioether (sulfide) groups is 1. The first-order valence-corrected chi connectivity index (χ1v) is 7.60. The number of benzene rings is 1. The number of hydrogen-bond donors (Lipinski definition) is 1. The smallest absolute Gasteiger partial charge is 0.0448 e. The summed E-state index contributed by atoms with van der Waals surface area (Å²) in [6.07, 6.45) is 0.988. The van der Waals surface area contributed by atoms with Gasteiger partial charge >= 0.3 is 0 Å². The molecule has 2 unspecified atom stereocenters. The van der Waals surface area contributed by atoms with Crippen LogP contribution in [0.15, 0.2) is 24.3 Å². The van der Waals surface area contributed by atoms with Crippen molar-refractivity contribution in [1.82, 2.24) is 0 Å². The van der Waals surface area contributed by atoms with Crippen LogP contribution in [0.3, 0.4) is 0 Å². The summed E-state index contributed by atoms with van der Waals surface area (Å²) in [4.78, 5) is 0. The zero-order valence-corrected chi connectivity index (χ0v) is 12.4. The highest BCUT2D eigenvalue weighted by molar-refractivity contribution is 7.99. The molecule has 0 spiro atoms. The molecule has 1 rings (SSSR count). The van der Waals surface area contributed by atoms with E-state index in [-0.39, 0.29) is 6.04 Å². The van der Waals surface area contributed by atoms with Crippen LogP contribution in [0, 0.1) is 5.92 Å². The van der Waals surface area contributed by atoms with E-state index in [1.165, 1.54) is 5.56 Å². The van der Waals surface area contributed by atoms with Crippen molar-refractivity contribution in [1.29, 1.82) is 0 Å². The van der Waals surface area contributed by atoms with Gasteiger partial charge in [-0.2, -0.15) is 11.8 Å². The van der Waals surface area contributed by atoms with Crippen molar-refractivity contribution in [2.75, 3.05) is 5.75 Å². The summed E-state index contributed by atoms with van der Waals surface area (Å²) in [5, 5.41) is 1.14. The van der Waals surface area contributed by atoms with Crippen molar-refractivity contribution in [3.05, 3.63) is 34.9 Å². The van der Waals surface area contributed by atoms with Crippen LogP contribution in [0.1, 0.15) is 38.0 Å². The second-order valence-electron chi connectivity index (χ2n) is 4.77. The van der Waals surface area contributed by atoms with Crippen LogP contribution in [0.4, 0.5) is 0 Å². The molecule has 1 nitrogen and oxygen atoms in total. The molecule has 0 aliphatic heterocycles. The van der Waals surface area contributed by atoms with Gasteiger partial charge in [0.2, 0.25) is 0 Å². The zero-order chi connectivity index (χ0) is 12.8. The van der Waals surface area contributed by atoms with Crippen molar-refractivity contribution in [2.45, 2.75) is 38.5 Å². The highest BCUT2D eigenvalue weighted by atomic mass is 35.5. The fourth-order valence-electron chi connectivity index (χ4n) is 1.66. The van der Waals surface area contributed by atoms with E-state index >= 15 is 0 Å². The van der Waals surface area contributed by atoms with Crippen molar-refractivity contribution < 1.29 is 0 Å². The first-order chi connectivity index (χ1) is 8.04. The molecule has 0 aliphatic carbocycles. The lowest BCUT2D eigenvalue weighted by Gasteiger charge is -2.24. The average Bonchev–Trinajstić information content (AvgIpc) is 2.28. The van der Waals surface area contributed by atoms with E-state index < -0.39 is 0 Å². The van der Waals surface area contributed by atoms with Crippen LogP contribution in [0.2, 0.25) is 5.02 Å². The molecule has 3 heteroatoms. The van der Waals surface area contributed by atoms with Crippen LogP contribution >= 0.6 is 23.4 Å². The summed E-state index contributed by atoms with van der Waals surface area (Å²) in [5.41, 5.74) is 7.47. The first-order valence-electron chi connectivity index (χ1n) is 6.17. The minimum absolute atomic E-state index is 0.192. The summed E-state index contributed by atoms with van der Waals surface area (Å²) in [5.74, 6) is 1.82. The number of nitrogens with two attached hydrogens (primary N) is 1. The lowest BCUT2D eigenvalue weighted by molar-refractivity contribution is 0.631. The Balaban J connectivity index is 2.82. The van der Waals surface area contributed by atoms with Crippen LogP contribution in [-0.2, 0) is 0 Å². The maximum atomic E-state index is 6.22. The second kappa shape index (κ2) is 7.30. The SMILES string of the molecule is CCC(N)C(SCC(C)C)c1cccc(Cl)c1. The molecule has 0 saturated heterocycles. The molecule has 0 heterocycles. The maximum Gasteiger partial charge on any atom is 0.0448 e. The molecule has 0 aliphatic rings. The Bertz CT molecular complexity index is 341. The van der Waals surface area contributed by atoms with Gasteiger partial charge in [-0.3, -0.25) is 0 Å². The minimum atomic E-state index is 0.192. The van der Waals surface area contributed by atoms with Gasteiger partial charge in [0, 0.05) is 16.3 Å².